The van der Waals surface area contributed by atoms with Gasteiger partial charge in [-0.05, 0) is 12.1 Å². The predicted octanol–water partition coefficient (Wildman–Crippen LogP) is -0.307. The molecular formula is C7H8N2O2. The van der Waals surface area contributed by atoms with Gasteiger partial charge in [-0.1, -0.05) is 0 Å². The minimum Gasteiger partial charge on any atom is -0.363 e. The minimum atomic E-state index is -0.924. The van der Waals surface area contributed by atoms with Gasteiger partial charge in [-0.2, -0.15) is 0 Å². The zero-order chi connectivity index (χ0) is 8.43. The van der Waals surface area contributed by atoms with E-state index >= 15 is 0 Å². The second-order valence-electron chi connectivity index (χ2n) is 2.20. The van der Waals surface area contributed by atoms with Crippen LogP contribution in [0.2, 0.25) is 0 Å². The first-order valence-corrected chi connectivity index (χ1v) is 3.08. The van der Waals surface area contributed by atoms with Crippen LogP contribution >= 0.6 is 0 Å². The third-order valence-electron chi connectivity index (χ3n) is 1.40. The molecule has 0 atom stereocenters. The molecule has 0 aliphatic rings. The van der Waals surface area contributed by atoms with Gasteiger partial charge in [0.25, 0.3) is 11.7 Å². The van der Waals surface area contributed by atoms with Crippen LogP contribution in [0.15, 0.2) is 18.3 Å². The SMILES string of the molecule is Cn1cccc1C(=O)C(N)=O. The van der Waals surface area contributed by atoms with Gasteiger partial charge in [0.1, 0.15) is 0 Å². The highest BCUT2D eigenvalue weighted by Crippen LogP contribution is 1.99. The largest absolute Gasteiger partial charge is 0.363 e. The van der Waals surface area contributed by atoms with Crippen molar-refractivity contribution in [2.24, 2.45) is 12.8 Å². The monoisotopic (exact) mass is 152 g/mol. The molecule has 1 rings (SSSR count). The molecule has 0 aromatic carbocycles. The molecular weight excluding hydrogens is 144 g/mol. The first kappa shape index (κ1) is 7.53. The Morgan fingerprint density at radius 2 is 2.18 bits per heavy atom. The molecule has 2 N–H and O–H groups in total. The third kappa shape index (κ3) is 1.29. The average molecular weight is 152 g/mol. The van der Waals surface area contributed by atoms with E-state index in [1.807, 2.05) is 0 Å². The van der Waals surface area contributed by atoms with Gasteiger partial charge >= 0.3 is 0 Å². The lowest BCUT2D eigenvalue weighted by atomic mass is 10.3. The van der Waals surface area contributed by atoms with Crippen molar-refractivity contribution in [2.75, 3.05) is 0 Å². The number of hydrogen-bond acceptors (Lipinski definition) is 2. The van der Waals surface area contributed by atoms with Gasteiger partial charge < -0.3 is 10.3 Å². The van der Waals surface area contributed by atoms with E-state index in [4.69, 9.17) is 5.73 Å². The van der Waals surface area contributed by atoms with Crippen molar-refractivity contribution in [1.29, 1.82) is 0 Å². The number of primary amides is 1. The summed E-state index contributed by atoms with van der Waals surface area (Å²) in [4.78, 5) is 21.3. The molecule has 1 heterocycles. The molecule has 0 radical (unpaired) electrons. The summed E-state index contributed by atoms with van der Waals surface area (Å²) >= 11 is 0. The molecule has 0 unspecified atom stereocenters. The van der Waals surface area contributed by atoms with Gasteiger partial charge in [0.05, 0.1) is 5.69 Å². The van der Waals surface area contributed by atoms with Gasteiger partial charge in [0.2, 0.25) is 0 Å². The third-order valence-corrected chi connectivity index (χ3v) is 1.40. The van der Waals surface area contributed by atoms with Crippen LogP contribution in [0.5, 0.6) is 0 Å². The van der Waals surface area contributed by atoms with Crippen molar-refractivity contribution in [2.45, 2.75) is 0 Å². The zero-order valence-electron chi connectivity index (χ0n) is 6.07. The maximum Gasteiger partial charge on any atom is 0.291 e. The number of Topliss-reactive ketones (excluding diaryl/α,β-unsaturated/α-hetero) is 1. The number of carbonyl (C=O) groups excluding carboxylic acids is 2. The fourth-order valence-corrected chi connectivity index (χ4v) is 0.823. The first-order chi connectivity index (χ1) is 5.13. The Morgan fingerprint density at radius 3 is 2.55 bits per heavy atom. The Morgan fingerprint density at radius 1 is 1.55 bits per heavy atom. The van der Waals surface area contributed by atoms with Crippen molar-refractivity contribution in [1.82, 2.24) is 4.57 Å². The second-order valence-corrected chi connectivity index (χ2v) is 2.20. The van der Waals surface area contributed by atoms with Gasteiger partial charge in [-0.15, -0.1) is 0 Å². The lowest BCUT2D eigenvalue weighted by molar-refractivity contribution is -0.114. The number of aromatic nitrogens is 1. The fourth-order valence-electron chi connectivity index (χ4n) is 0.823. The number of aryl methyl sites for hydroxylation is 1. The van der Waals surface area contributed by atoms with Crippen LogP contribution < -0.4 is 5.73 Å². The lowest BCUT2D eigenvalue weighted by Gasteiger charge is -1.96. The van der Waals surface area contributed by atoms with Gasteiger partial charge in [-0.3, -0.25) is 9.59 Å². The molecule has 0 aliphatic carbocycles. The van der Waals surface area contributed by atoms with Crippen LogP contribution in [-0.4, -0.2) is 16.3 Å². The van der Waals surface area contributed by atoms with Crippen molar-refractivity contribution in [3.8, 4) is 0 Å². The molecule has 4 nitrogen and oxygen atoms in total. The molecule has 11 heavy (non-hydrogen) atoms. The summed E-state index contributed by atoms with van der Waals surface area (Å²) in [6.07, 6.45) is 1.68. The zero-order valence-corrected chi connectivity index (χ0v) is 6.07. The van der Waals surface area contributed by atoms with Gasteiger partial charge in [0, 0.05) is 13.2 Å². The Hall–Kier alpha value is -1.58. The Balaban J connectivity index is 3.02. The minimum absolute atomic E-state index is 0.317. The summed E-state index contributed by atoms with van der Waals surface area (Å²) in [5.74, 6) is -1.58. The molecule has 1 aromatic rings. The summed E-state index contributed by atoms with van der Waals surface area (Å²) in [5.41, 5.74) is 5.11. The van der Waals surface area contributed by atoms with E-state index in [1.165, 1.54) is 0 Å². The topological polar surface area (TPSA) is 65.1 Å². The fraction of sp³-hybridized carbons (Fsp3) is 0.143. The number of hydrogen-bond donors (Lipinski definition) is 1. The van der Waals surface area contributed by atoms with Crippen LogP contribution in [0.3, 0.4) is 0 Å². The second kappa shape index (κ2) is 2.57. The highest BCUT2D eigenvalue weighted by Gasteiger charge is 2.13. The molecule has 58 valence electrons. The highest BCUT2D eigenvalue weighted by atomic mass is 16.2. The van der Waals surface area contributed by atoms with Crippen LogP contribution in [-0.2, 0) is 11.8 Å². The molecule has 1 amide bonds. The van der Waals surface area contributed by atoms with Crippen molar-refractivity contribution in [3.05, 3.63) is 24.0 Å². The van der Waals surface area contributed by atoms with Crippen LogP contribution in [0, 0.1) is 0 Å². The summed E-state index contributed by atoms with van der Waals surface area (Å²) < 4.78 is 1.55. The lowest BCUT2D eigenvalue weighted by Crippen LogP contribution is -2.24. The Bertz CT molecular complexity index is 301. The van der Waals surface area contributed by atoms with E-state index in [2.05, 4.69) is 0 Å². The van der Waals surface area contributed by atoms with E-state index in [0.717, 1.165) is 0 Å². The van der Waals surface area contributed by atoms with Gasteiger partial charge in [-0.25, -0.2) is 0 Å². The maximum absolute atomic E-state index is 10.9. The van der Waals surface area contributed by atoms with Crippen LogP contribution in [0.1, 0.15) is 10.5 Å². The number of rotatable bonds is 2. The first-order valence-electron chi connectivity index (χ1n) is 3.08. The highest BCUT2D eigenvalue weighted by molar-refractivity contribution is 6.41. The molecule has 0 bridgehead atoms. The summed E-state index contributed by atoms with van der Waals surface area (Å²) in [5, 5.41) is 0. The molecule has 1 aromatic heterocycles. The Labute approximate surface area is 63.6 Å². The molecule has 0 saturated carbocycles. The van der Waals surface area contributed by atoms with Crippen LogP contribution in [0.25, 0.3) is 0 Å². The Kier molecular flexibility index (Phi) is 1.76. The molecule has 0 saturated heterocycles. The normalized spacial score (nSPS) is 9.55. The van der Waals surface area contributed by atoms with Crippen molar-refractivity contribution in [3.63, 3.8) is 0 Å². The predicted molar refractivity (Wildman–Crippen MR) is 38.9 cm³/mol. The van der Waals surface area contributed by atoms with Crippen LogP contribution in [0.4, 0.5) is 0 Å². The average Bonchev–Trinajstić information content (AvgIpc) is 2.33. The number of nitrogens with zero attached hydrogens (tertiary/aromatic N) is 1. The molecule has 4 heteroatoms. The number of ketones is 1. The number of nitrogens with two attached hydrogens (primary N) is 1. The quantitative estimate of drug-likeness (QED) is 0.466. The van der Waals surface area contributed by atoms with Crippen molar-refractivity contribution >= 4 is 11.7 Å². The van der Waals surface area contributed by atoms with Gasteiger partial charge in [0.15, 0.2) is 0 Å². The molecule has 0 spiro atoms. The number of amides is 1. The maximum atomic E-state index is 10.9. The van der Waals surface area contributed by atoms with E-state index in [-0.39, 0.29) is 0 Å². The van der Waals surface area contributed by atoms with Crippen molar-refractivity contribution < 1.29 is 9.59 Å². The summed E-state index contributed by atoms with van der Waals surface area (Å²) in [7, 11) is 1.68. The van der Waals surface area contributed by atoms with E-state index < -0.39 is 11.7 Å². The van der Waals surface area contributed by atoms with E-state index in [9.17, 15) is 9.59 Å². The smallest absolute Gasteiger partial charge is 0.291 e. The van der Waals surface area contributed by atoms with E-state index in [0.29, 0.717) is 5.69 Å². The summed E-state index contributed by atoms with van der Waals surface area (Å²) in [6.45, 7) is 0. The standard InChI is InChI=1S/C7H8N2O2/c1-9-4-2-3-5(9)6(10)7(8)11/h2-4H,1H3,(H2,8,11). The van der Waals surface area contributed by atoms with E-state index in [1.54, 1.807) is 29.9 Å². The molecule has 0 aliphatic heterocycles. The number of carbonyl (C=O) groups is 2. The molecule has 0 fully saturated rings. The summed E-state index contributed by atoms with van der Waals surface area (Å²) in [6, 6.07) is 3.23.